The van der Waals surface area contributed by atoms with Crippen LogP contribution >= 0.6 is 0 Å². The molecule has 1 saturated carbocycles. The van der Waals surface area contributed by atoms with Gasteiger partial charge in [-0.1, -0.05) is 13.3 Å². The normalized spacial score (nSPS) is 32.0. The van der Waals surface area contributed by atoms with E-state index < -0.39 is 5.60 Å². The number of nitrogens with zero attached hydrogens (tertiary/aromatic N) is 1. The Morgan fingerprint density at radius 3 is 2.48 bits per heavy atom. The maximum absolute atomic E-state index is 12.0. The smallest absolute Gasteiger partial charge is 0.234 e. The molecule has 0 unspecified atom stereocenters. The summed E-state index contributed by atoms with van der Waals surface area (Å²) in [5, 5.41) is 13.5. The molecule has 5 nitrogen and oxygen atoms in total. The van der Waals surface area contributed by atoms with Crippen LogP contribution in [0.25, 0.3) is 0 Å². The Morgan fingerprint density at radius 2 is 1.90 bits per heavy atom. The first-order valence-electron chi connectivity index (χ1n) is 8.48. The highest BCUT2D eigenvalue weighted by molar-refractivity contribution is 5.78. The minimum absolute atomic E-state index is 0.0245. The van der Waals surface area contributed by atoms with E-state index >= 15 is 0 Å². The molecule has 4 N–H and O–H groups in total. The Hall–Kier alpha value is -0.650. The van der Waals surface area contributed by atoms with Crippen molar-refractivity contribution in [3.05, 3.63) is 0 Å². The van der Waals surface area contributed by atoms with Gasteiger partial charge >= 0.3 is 0 Å². The summed E-state index contributed by atoms with van der Waals surface area (Å²) in [6.45, 7) is 4.84. The molecule has 0 bridgehead atoms. The lowest BCUT2D eigenvalue weighted by molar-refractivity contribution is -0.124. The molecule has 2 rings (SSSR count). The fourth-order valence-electron chi connectivity index (χ4n) is 3.43. The van der Waals surface area contributed by atoms with Gasteiger partial charge in [-0.15, -0.1) is 0 Å². The van der Waals surface area contributed by atoms with Gasteiger partial charge in [0.05, 0.1) is 12.1 Å². The second-order valence-electron chi connectivity index (χ2n) is 6.97. The monoisotopic (exact) mass is 297 g/mol. The van der Waals surface area contributed by atoms with Crippen LogP contribution in [0.5, 0.6) is 0 Å². The lowest BCUT2D eigenvalue weighted by atomic mass is 9.78. The van der Waals surface area contributed by atoms with Crippen LogP contribution in [-0.2, 0) is 4.79 Å². The van der Waals surface area contributed by atoms with E-state index in [1.54, 1.807) is 0 Å². The van der Waals surface area contributed by atoms with Crippen molar-refractivity contribution in [1.29, 1.82) is 0 Å². The van der Waals surface area contributed by atoms with Crippen LogP contribution in [0.1, 0.15) is 51.9 Å². The molecule has 1 aliphatic heterocycles. The topological polar surface area (TPSA) is 78.6 Å². The van der Waals surface area contributed by atoms with Gasteiger partial charge in [0.25, 0.3) is 0 Å². The van der Waals surface area contributed by atoms with E-state index in [4.69, 9.17) is 5.73 Å². The number of rotatable bonds is 5. The summed E-state index contributed by atoms with van der Waals surface area (Å²) in [4.78, 5) is 14.2. The number of amides is 1. The molecule has 0 radical (unpaired) electrons. The summed E-state index contributed by atoms with van der Waals surface area (Å²) in [6.07, 6.45) is 6.90. The number of likely N-dealkylation sites (tertiary alicyclic amines) is 1. The van der Waals surface area contributed by atoms with Gasteiger partial charge in [-0.25, -0.2) is 0 Å². The van der Waals surface area contributed by atoms with E-state index in [0.29, 0.717) is 19.1 Å². The van der Waals surface area contributed by atoms with Crippen molar-refractivity contribution in [1.82, 2.24) is 10.2 Å². The van der Waals surface area contributed by atoms with E-state index in [9.17, 15) is 9.90 Å². The number of aliphatic hydroxyl groups is 1. The van der Waals surface area contributed by atoms with Crippen LogP contribution in [0.4, 0.5) is 0 Å². The quantitative estimate of drug-likeness (QED) is 0.703. The van der Waals surface area contributed by atoms with E-state index in [2.05, 4.69) is 17.1 Å². The maximum atomic E-state index is 12.0. The molecule has 1 amide bonds. The SMILES string of the molecule is CCC1CCC(O)(CNC(=O)CN2CCC(N)CC2)CC1. The molecule has 0 aromatic heterocycles. The molecule has 2 fully saturated rings. The Morgan fingerprint density at radius 1 is 1.29 bits per heavy atom. The minimum atomic E-state index is -0.689. The molecule has 1 saturated heterocycles. The predicted octanol–water partition coefficient (Wildman–Crippen LogP) is 0.857. The van der Waals surface area contributed by atoms with Crippen LogP contribution in [0, 0.1) is 5.92 Å². The van der Waals surface area contributed by atoms with Crippen molar-refractivity contribution < 1.29 is 9.90 Å². The second-order valence-corrected chi connectivity index (χ2v) is 6.97. The number of hydrogen-bond acceptors (Lipinski definition) is 4. The molecular formula is C16H31N3O2. The van der Waals surface area contributed by atoms with Gasteiger partial charge in [-0.3, -0.25) is 9.69 Å². The number of carbonyl (C=O) groups is 1. The van der Waals surface area contributed by atoms with Gasteiger partial charge in [0.1, 0.15) is 0 Å². The van der Waals surface area contributed by atoms with Gasteiger partial charge in [0, 0.05) is 25.7 Å². The number of nitrogens with two attached hydrogens (primary N) is 1. The largest absolute Gasteiger partial charge is 0.388 e. The maximum Gasteiger partial charge on any atom is 0.234 e. The third kappa shape index (κ3) is 5.24. The third-order valence-corrected chi connectivity index (χ3v) is 5.23. The van der Waals surface area contributed by atoms with E-state index in [1.165, 1.54) is 6.42 Å². The summed E-state index contributed by atoms with van der Waals surface area (Å²) in [5.74, 6) is 0.773. The van der Waals surface area contributed by atoms with Crippen molar-refractivity contribution in [3.63, 3.8) is 0 Å². The standard InChI is InChI=1S/C16H31N3O2/c1-2-13-3-7-16(21,8-4-13)12-18-15(20)11-19-9-5-14(17)6-10-19/h13-14,21H,2-12,17H2,1H3,(H,18,20). The molecule has 0 atom stereocenters. The van der Waals surface area contributed by atoms with Gasteiger partial charge in [0.15, 0.2) is 0 Å². The zero-order valence-electron chi connectivity index (χ0n) is 13.3. The predicted molar refractivity (Wildman–Crippen MR) is 83.9 cm³/mol. The fourth-order valence-corrected chi connectivity index (χ4v) is 3.43. The molecule has 0 aromatic rings. The van der Waals surface area contributed by atoms with Crippen molar-refractivity contribution in [2.45, 2.75) is 63.5 Å². The Bertz CT molecular complexity index is 332. The molecular weight excluding hydrogens is 266 g/mol. The van der Waals surface area contributed by atoms with Crippen molar-refractivity contribution >= 4 is 5.91 Å². The molecule has 1 heterocycles. The van der Waals surface area contributed by atoms with Crippen molar-refractivity contribution in [2.24, 2.45) is 11.7 Å². The number of piperidine rings is 1. The van der Waals surface area contributed by atoms with E-state index in [0.717, 1.165) is 57.5 Å². The highest BCUT2D eigenvalue weighted by Crippen LogP contribution is 2.33. The van der Waals surface area contributed by atoms with Crippen molar-refractivity contribution in [3.8, 4) is 0 Å². The molecule has 122 valence electrons. The van der Waals surface area contributed by atoms with Crippen LogP contribution in [0.15, 0.2) is 0 Å². The van der Waals surface area contributed by atoms with E-state index in [-0.39, 0.29) is 5.91 Å². The lowest BCUT2D eigenvalue weighted by Crippen LogP contribution is -2.49. The van der Waals surface area contributed by atoms with E-state index in [1.807, 2.05) is 0 Å². The summed E-state index contributed by atoms with van der Waals surface area (Å²) in [7, 11) is 0. The summed E-state index contributed by atoms with van der Waals surface area (Å²) >= 11 is 0. The van der Waals surface area contributed by atoms with Gasteiger partial charge in [-0.05, 0) is 44.4 Å². The first kappa shape index (κ1) is 16.7. The minimum Gasteiger partial charge on any atom is -0.388 e. The first-order chi connectivity index (χ1) is 10.0. The molecule has 2 aliphatic rings. The Labute approximate surface area is 128 Å². The Balaban J connectivity index is 1.66. The number of nitrogens with one attached hydrogen (secondary N) is 1. The van der Waals surface area contributed by atoms with Gasteiger partial charge < -0.3 is 16.2 Å². The third-order valence-electron chi connectivity index (χ3n) is 5.23. The Kier molecular flexibility index (Phi) is 6.02. The number of hydrogen-bond donors (Lipinski definition) is 3. The molecule has 0 aromatic carbocycles. The van der Waals surface area contributed by atoms with Gasteiger partial charge in [0.2, 0.25) is 5.91 Å². The zero-order chi connectivity index (χ0) is 15.3. The summed E-state index contributed by atoms with van der Waals surface area (Å²) in [5.41, 5.74) is 5.17. The highest BCUT2D eigenvalue weighted by Gasteiger charge is 2.33. The zero-order valence-corrected chi connectivity index (χ0v) is 13.3. The molecule has 0 spiro atoms. The first-order valence-corrected chi connectivity index (χ1v) is 8.48. The lowest BCUT2D eigenvalue weighted by Gasteiger charge is -2.36. The molecule has 5 heteroatoms. The fraction of sp³-hybridized carbons (Fsp3) is 0.938. The highest BCUT2D eigenvalue weighted by atomic mass is 16.3. The van der Waals surface area contributed by atoms with Crippen LogP contribution in [-0.4, -0.2) is 53.7 Å². The molecule has 1 aliphatic carbocycles. The van der Waals surface area contributed by atoms with Crippen molar-refractivity contribution in [2.75, 3.05) is 26.2 Å². The number of carbonyl (C=O) groups excluding carboxylic acids is 1. The van der Waals surface area contributed by atoms with Crippen LogP contribution in [0.2, 0.25) is 0 Å². The van der Waals surface area contributed by atoms with Crippen LogP contribution < -0.4 is 11.1 Å². The average molecular weight is 297 g/mol. The second kappa shape index (κ2) is 7.56. The average Bonchev–Trinajstić information content (AvgIpc) is 2.49. The van der Waals surface area contributed by atoms with Crippen LogP contribution in [0.3, 0.4) is 0 Å². The summed E-state index contributed by atoms with van der Waals surface area (Å²) in [6, 6.07) is 0.291. The summed E-state index contributed by atoms with van der Waals surface area (Å²) < 4.78 is 0. The molecule has 21 heavy (non-hydrogen) atoms. The van der Waals surface area contributed by atoms with Gasteiger partial charge in [-0.2, -0.15) is 0 Å².